The number of hydrogen-bond donors (Lipinski definition) is 1. The lowest BCUT2D eigenvalue weighted by Crippen LogP contribution is -2.26. The average Bonchev–Trinajstić information content (AvgIpc) is 3.13. The molecule has 1 fully saturated rings. The van der Waals surface area contributed by atoms with Gasteiger partial charge >= 0.3 is 0 Å². The number of hydrogen-bond acceptors (Lipinski definition) is 4. The maximum atomic E-state index is 5.95. The summed E-state index contributed by atoms with van der Waals surface area (Å²) in [5, 5.41) is 0. The summed E-state index contributed by atoms with van der Waals surface area (Å²) < 4.78 is 5.45. The first kappa shape index (κ1) is 12.2. The molecular formula is C15H19N3O. The minimum Gasteiger partial charge on any atom is -0.467 e. The van der Waals surface area contributed by atoms with Gasteiger partial charge in [-0.25, -0.2) is 4.98 Å². The number of anilines is 1. The lowest BCUT2D eigenvalue weighted by Gasteiger charge is -2.23. The average molecular weight is 257 g/mol. The third-order valence-electron chi connectivity index (χ3n) is 3.48. The standard InChI is InChI=1S/C15H19N3O/c1-11(16)12-6-7-17-15(9-12)18(13-4-5-13)10-14-3-2-8-19-14/h2-3,6-9,11,13H,4-5,10,16H2,1H3/t11-/m1/s1. The van der Waals surface area contributed by atoms with E-state index in [0.717, 1.165) is 23.7 Å². The molecule has 3 rings (SSSR count). The molecule has 4 heteroatoms. The summed E-state index contributed by atoms with van der Waals surface area (Å²) in [7, 11) is 0. The Labute approximate surface area is 113 Å². The van der Waals surface area contributed by atoms with E-state index >= 15 is 0 Å². The molecule has 2 aromatic heterocycles. The normalized spacial score (nSPS) is 16.3. The predicted molar refractivity (Wildman–Crippen MR) is 74.8 cm³/mol. The zero-order valence-corrected chi connectivity index (χ0v) is 11.1. The number of aromatic nitrogens is 1. The first-order chi connectivity index (χ1) is 9.24. The van der Waals surface area contributed by atoms with E-state index in [4.69, 9.17) is 10.2 Å². The smallest absolute Gasteiger partial charge is 0.129 e. The molecule has 0 aliphatic heterocycles. The number of rotatable bonds is 5. The molecule has 0 radical (unpaired) electrons. The van der Waals surface area contributed by atoms with E-state index in [0.29, 0.717) is 6.04 Å². The van der Waals surface area contributed by atoms with Gasteiger partial charge in [-0.05, 0) is 49.6 Å². The van der Waals surface area contributed by atoms with Crippen molar-refractivity contribution in [2.24, 2.45) is 5.73 Å². The van der Waals surface area contributed by atoms with Crippen LogP contribution in [-0.4, -0.2) is 11.0 Å². The molecule has 0 saturated heterocycles. The van der Waals surface area contributed by atoms with Gasteiger partial charge in [-0.1, -0.05) is 0 Å². The van der Waals surface area contributed by atoms with Crippen molar-refractivity contribution < 1.29 is 4.42 Å². The molecule has 2 N–H and O–H groups in total. The van der Waals surface area contributed by atoms with Crippen LogP contribution >= 0.6 is 0 Å². The monoisotopic (exact) mass is 257 g/mol. The summed E-state index contributed by atoms with van der Waals surface area (Å²) in [5.74, 6) is 1.97. The Balaban J connectivity index is 1.85. The third-order valence-corrected chi connectivity index (χ3v) is 3.48. The van der Waals surface area contributed by atoms with Crippen LogP contribution in [0.5, 0.6) is 0 Å². The van der Waals surface area contributed by atoms with Gasteiger partial charge in [0, 0.05) is 18.3 Å². The molecule has 0 unspecified atom stereocenters. The second-order valence-corrected chi connectivity index (χ2v) is 5.17. The molecule has 4 nitrogen and oxygen atoms in total. The van der Waals surface area contributed by atoms with Crippen LogP contribution in [0.2, 0.25) is 0 Å². The Morgan fingerprint density at radius 1 is 1.47 bits per heavy atom. The summed E-state index contributed by atoms with van der Waals surface area (Å²) in [4.78, 5) is 6.80. The van der Waals surface area contributed by atoms with Gasteiger partial charge < -0.3 is 15.1 Å². The van der Waals surface area contributed by atoms with E-state index in [1.807, 2.05) is 31.3 Å². The van der Waals surface area contributed by atoms with E-state index in [-0.39, 0.29) is 6.04 Å². The molecule has 1 atom stereocenters. The quantitative estimate of drug-likeness (QED) is 0.894. The van der Waals surface area contributed by atoms with Crippen LogP contribution in [0, 0.1) is 0 Å². The SMILES string of the molecule is C[C@@H](N)c1ccnc(N(Cc2ccco2)C2CC2)c1. The summed E-state index contributed by atoms with van der Waals surface area (Å²) in [6.07, 6.45) is 6.01. The van der Waals surface area contributed by atoms with Crippen molar-refractivity contribution in [3.05, 3.63) is 48.0 Å². The van der Waals surface area contributed by atoms with E-state index in [1.54, 1.807) is 6.26 Å². The van der Waals surface area contributed by atoms with Crippen LogP contribution < -0.4 is 10.6 Å². The van der Waals surface area contributed by atoms with Gasteiger partial charge in [0.15, 0.2) is 0 Å². The molecule has 0 bridgehead atoms. The Kier molecular flexibility index (Phi) is 3.25. The second-order valence-electron chi connectivity index (χ2n) is 5.17. The zero-order valence-electron chi connectivity index (χ0n) is 11.1. The predicted octanol–water partition coefficient (Wildman–Crippen LogP) is 2.86. The summed E-state index contributed by atoms with van der Waals surface area (Å²) in [6, 6.07) is 8.61. The van der Waals surface area contributed by atoms with Crippen molar-refractivity contribution in [2.75, 3.05) is 4.90 Å². The van der Waals surface area contributed by atoms with E-state index < -0.39 is 0 Å². The van der Waals surface area contributed by atoms with Crippen molar-refractivity contribution >= 4 is 5.82 Å². The van der Waals surface area contributed by atoms with Crippen LogP contribution in [0.15, 0.2) is 41.1 Å². The fourth-order valence-electron chi connectivity index (χ4n) is 2.23. The van der Waals surface area contributed by atoms with Crippen LogP contribution in [0.4, 0.5) is 5.82 Å². The zero-order chi connectivity index (χ0) is 13.2. The molecule has 100 valence electrons. The molecule has 2 heterocycles. The summed E-state index contributed by atoms with van der Waals surface area (Å²) >= 11 is 0. The van der Waals surface area contributed by atoms with E-state index in [9.17, 15) is 0 Å². The van der Waals surface area contributed by atoms with Gasteiger partial charge in [-0.2, -0.15) is 0 Å². The van der Waals surface area contributed by atoms with Crippen LogP contribution in [0.25, 0.3) is 0 Å². The Morgan fingerprint density at radius 2 is 2.32 bits per heavy atom. The fourth-order valence-corrected chi connectivity index (χ4v) is 2.23. The van der Waals surface area contributed by atoms with E-state index in [1.165, 1.54) is 12.8 Å². The van der Waals surface area contributed by atoms with Crippen molar-refractivity contribution in [1.29, 1.82) is 0 Å². The van der Waals surface area contributed by atoms with Gasteiger partial charge in [0.25, 0.3) is 0 Å². The molecular weight excluding hydrogens is 238 g/mol. The maximum absolute atomic E-state index is 5.95. The third kappa shape index (κ3) is 2.79. The van der Waals surface area contributed by atoms with Gasteiger partial charge in [0.1, 0.15) is 11.6 Å². The fraction of sp³-hybridized carbons (Fsp3) is 0.400. The molecule has 1 aliphatic carbocycles. The van der Waals surface area contributed by atoms with Crippen molar-refractivity contribution in [1.82, 2.24) is 4.98 Å². The minimum absolute atomic E-state index is 0.0337. The highest BCUT2D eigenvalue weighted by Gasteiger charge is 2.30. The van der Waals surface area contributed by atoms with Gasteiger partial charge in [0.05, 0.1) is 12.8 Å². The molecule has 0 aromatic carbocycles. The number of pyridine rings is 1. The first-order valence-corrected chi connectivity index (χ1v) is 6.74. The van der Waals surface area contributed by atoms with Crippen molar-refractivity contribution in [3.8, 4) is 0 Å². The number of nitrogens with two attached hydrogens (primary N) is 1. The van der Waals surface area contributed by atoms with Crippen molar-refractivity contribution in [3.63, 3.8) is 0 Å². The Hall–Kier alpha value is -1.81. The topological polar surface area (TPSA) is 55.3 Å². The molecule has 0 amide bonds. The molecule has 19 heavy (non-hydrogen) atoms. The number of nitrogens with zero attached hydrogens (tertiary/aromatic N) is 2. The lowest BCUT2D eigenvalue weighted by molar-refractivity contribution is 0.500. The van der Waals surface area contributed by atoms with Crippen LogP contribution in [0.1, 0.15) is 37.1 Å². The van der Waals surface area contributed by atoms with Crippen molar-refractivity contribution in [2.45, 2.75) is 38.4 Å². The lowest BCUT2D eigenvalue weighted by atomic mass is 10.1. The minimum atomic E-state index is 0.0337. The molecule has 1 saturated carbocycles. The summed E-state index contributed by atoms with van der Waals surface area (Å²) in [5.41, 5.74) is 7.07. The summed E-state index contributed by atoms with van der Waals surface area (Å²) in [6.45, 7) is 2.76. The molecule has 2 aromatic rings. The highest BCUT2D eigenvalue weighted by atomic mass is 16.3. The van der Waals surface area contributed by atoms with Gasteiger partial charge in [-0.3, -0.25) is 0 Å². The largest absolute Gasteiger partial charge is 0.467 e. The van der Waals surface area contributed by atoms with Gasteiger partial charge in [-0.15, -0.1) is 0 Å². The molecule has 0 spiro atoms. The highest BCUT2D eigenvalue weighted by molar-refractivity contribution is 5.44. The Morgan fingerprint density at radius 3 is 2.95 bits per heavy atom. The second kappa shape index (κ2) is 5.05. The molecule has 1 aliphatic rings. The maximum Gasteiger partial charge on any atom is 0.129 e. The Bertz CT molecular complexity index is 532. The highest BCUT2D eigenvalue weighted by Crippen LogP contribution is 2.32. The van der Waals surface area contributed by atoms with Crippen LogP contribution in [-0.2, 0) is 6.54 Å². The van der Waals surface area contributed by atoms with Gasteiger partial charge in [0.2, 0.25) is 0 Å². The van der Waals surface area contributed by atoms with Crippen LogP contribution in [0.3, 0.4) is 0 Å². The first-order valence-electron chi connectivity index (χ1n) is 6.74. The number of furan rings is 1. The van der Waals surface area contributed by atoms with E-state index in [2.05, 4.69) is 16.0 Å².